The van der Waals surface area contributed by atoms with Gasteiger partial charge in [0.05, 0.1) is 22.2 Å². The molecule has 130 valence electrons. The highest BCUT2D eigenvalue weighted by molar-refractivity contribution is 5.80. The van der Waals surface area contributed by atoms with Gasteiger partial charge in [-0.25, -0.2) is 9.97 Å². The molecule has 0 amide bonds. The molecule has 4 rings (SSSR count). The van der Waals surface area contributed by atoms with E-state index in [-0.39, 0.29) is 28.9 Å². The number of halogens is 3. The molecule has 0 unspecified atom stereocenters. The van der Waals surface area contributed by atoms with Crippen LogP contribution in [0.15, 0.2) is 52.9 Å². The van der Waals surface area contributed by atoms with Gasteiger partial charge in [0.25, 0.3) is 5.89 Å². The Morgan fingerprint density at radius 2 is 1.42 bits per heavy atom. The van der Waals surface area contributed by atoms with Gasteiger partial charge < -0.3 is 10.2 Å². The summed E-state index contributed by atoms with van der Waals surface area (Å²) in [5.74, 6) is -0.335. The van der Waals surface area contributed by atoms with E-state index < -0.39 is 11.7 Å². The average molecular weight is 357 g/mol. The summed E-state index contributed by atoms with van der Waals surface area (Å²) in [4.78, 5) is 8.52. The lowest BCUT2D eigenvalue weighted by Crippen LogP contribution is -2.06. The van der Waals surface area contributed by atoms with E-state index in [4.69, 9.17) is 10.2 Å². The second-order valence-corrected chi connectivity index (χ2v) is 5.40. The van der Waals surface area contributed by atoms with Crippen LogP contribution in [0.5, 0.6) is 0 Å². The topological polar surface area (TPSA) is 90.7 Å². The number of hydrogen-bond acceptors (Lipinski definition) is 6. The first kappa shape index (κ1) is 16.0. The summed E-state index contributed by atoms with van der Waals surface area (Å²) < 4.78 is 44.9. The molecule has 0 spiro atoms. The van der Waals surface area contributed by atoms with Gasteiger partial charge in [-0.3, -0.25) is 0 Å². The molecular weight excluding hydrogens is 347 g/mol. The van der Waals surface area contributed by atoms with Crippen LogP contribution in [0.25, 0.3) is 34.1 Å². The number of alkyl halides is 3. The number of nitrogens with two attached hydrogens (primary N) is 1. The van der Waals surface area contributed by atoms with Crippen LogP contribution in [-0.2, 0) is 6.18 Å². The Morgan fingerprint density at radius 3 is 2.15 bits per heavy atom. The number of fused-ring (bicyclic) bond motifs is 1. The molecule has 0 aliphatic heterocycles. The van der Waals surface area contributed by atoms with E-state index in [1.54, 1.807) is 24.3 Å². The summed E-state index contributed by atoms with van der Waals surface area (Å²) in [6, 6.07) is 12.0. The van der Waals surface area contributed by atoms with E-state index >= 15 is 0 Å². The van der Waals surface area contributed by atoms with Gasteiger partial charge in [-0.15, -0.1) is 10.2 Å². The van der Waals surface area contributed by atoms with Crippen molar-refractivity contribution in [3.05, 3.63) is 54.1 Å². The maximum absolute atomic E-state index is 13.2. The lowest BCUT2D eigenvalue weighted by atomic mass is 10.1. The molecule has 2 aromatic heterocycles. The highest BCUT2D eigenvalue weighted by atomic mass is 19.4. The predicted molar refractivity (Wildman–Crippen MR) is 87.7 cm³/mol. The van der Waals surface area contributed by atoms with Gasteiger partial charge in [-0.2, -0.15) is 13.2 Å². The number of anilines is 1. The molecule has 26 heavy (non-hydrogen) atoms. The quantitative estimate of drug-likeness (QED) is 0.584. The van der Waals surface area contributed by atoms with Crippen LogP contribution in [0.4, 0.5) is 19.0 Å². The van der Waals surface area contributed by atoms with E-state index in [1.165, 1.54) is 18.2 Å². The third-order valence-electron chi connectivity index (χ3n) is 3.69. The summed E-state index contributed by atoms with van der Waals surface area (Å²) in [6.45, 7) is 0. The number of benzene rings is 2. The second kappa shape index (κ2) is 5.80. The minimum absolute atomic E-state index is 0.0445. The summed E-state index contributed by atoms with van der Waals surface area (Å²) in [5.41, 5.74) is 6.05. The van der Waals surface area contributed by atoms with Gasteiger partial charge in [-0.1, -0.05) is 24.3 Å². The number of nitrogen functional groups attached to an aromatic ring is 1. The zero-order valence-electron chi connectivity index (χ0n) is 13.0. The first-order chi connectivity index (χ1) is 12.4. The summed E-state index contributed by atoms with van der Waals surface area (Å²) in [6.07, 6.45) is -4.55. The van der Waals surface area contributed by atoms with E-state index in [9.17, 15) is 13.2 Å². The van der Waals surface area contributed by atoms with Crippen LogP contribution < -0.4 is 5.73 Å². The molecule has 0 radical (unpaired) electrons. The number of aromatic nitrogens is 4. The summed E-state index contributed by atoms with van der Waals surface area (Å²) in [7, 11) is 0. The highest BCUT2D eigenvalue weighted by Crippen LogP contribution is 2.37. The molecule has 2 aromatic carbocycles. The Kier molecular flexibility index (Phi) is 3.57. The molecule has 0 aliphatic rings. The maximum Gasteiger partial charge on any atom is 0.417 e. The van der Waals surface area contributed by atoms with Crippen LogP contribution in [0, 0.1) is 0 Å². The van der Waals surface area contributed by atoms with E-state index in [2.05, 4.69) is 20.2 Å². The number of para-hydroxylation sites is 2. The minimum atomic E-state index is -4.55. The van der Waals surface area contributed by atoms with Gasteiger partial charge in [0.1, 0.15) is 0 Å². The van der Waals surface area contributed by atoms with Gasteiger partial charge in [0.2, 0.25) is 5.89 Å². The first-order valence-corrected chi connectivity index (χ1v) is 7.46. The first-order valence-electron chi connectivity index (χ1n) is 7.46. The normalized spacial score (nSPS) is 11.8. The Bertz CT molecular complexity index is 1110. The van der Waals surface area contributed by atoms with E-state index in [0.29, 0.717) is 11.0 Å². The molecule has 0 aliphatic carbocycles. The summed E-state index contributed by atoms with van der Waals surface area (Å²) in [5, 5.41) is 7.51. The molecule has 0 bridgehead atoms. The third-order valence-corrected chi connectivity index (χ3v) is 3.69. The van der Waals surface area contributed by atoms with Crippen molar-refractivity contribution >= 4 is 16.9 Å². The zero-order chi connectivity index (χ0) is 18.3. The Morgan fingerprint density at radius 1 is 0.808 bits per heavy atom. The highest BCUT2D eigenvalue weighted by Gasteiger charge is 2.34. The smallest absolute Gasteiger partial charge is 0.414 e. The second-order valence-electron chi connectivity index (χ2n) is 5.40. The molecule has 9 heteroatoms. The van der Waals surface area contributed by atoms with Crippen LogP contribution >= 0.6 is 0 Å². The van der Waals surface area contributed by atoms with Crippen molar-refractivity contribution in [2.75, 3.05) is 5.73 Å². The summed E-state index contributed by atoms with van der Waals surface area (Å²) >= 11 is 0. The third kappa shape index (κ3) is 2.73. The molecule has 2 N–H and O–H groups in total. The SMILES string of the molecule is Nc1nc2ccccc2nc1-c1nnc(-c2ccccc2C(F)(F)F)o1. The van der Waals surface area contributed by atoms with Crippen molar-refractivity contribution in [3.63, 3.8) is 0 Å². The van der Waals surface area contributed by atoms with Crippen LogP contribution in [0.2, 0.25) is 0 Å². The lowest BCUT2D eigenvalue weighted by molar-refractivity contribution is -0.137. The standard InChI is InChI=1S/C17H10F3N5O/c18-17(19,20)10-6-2-1-5-9(10)15-24-25-16(26-15)13-14(21)23-12-8-4-3-7-11(12)22-13/h1-8H,(H2,21,23). The lowest BCUT2D eigenvalue weighted by Gasteiger charge is -2.09. The molecule has 4 aromatic rings. The zero-order valence-corrected chi connectivity index (χ0v) is 13.0. The van der Waals surface area contributed by atoms with Crippen molar-refractivity contribution in [3.8, 4) is 23.0 Å². The molecule has 0 saturated carbocycles. The molecule has 0 saturated heterocycles. The number of rotatable bonds is 2. The Hall–Kier alpha value is -3.49. The Balaban J connectivity index is 1.82. The van der Waals surface area contributed by atoms with Crippen molar-refractivity contribution in [2.24, 2.45) is 0 Å². The average Bonchev–Trinajstić information content (AvgIpc) is 3.10. The van der Waals surface area contributed by atoms with Crippen molar-refractivity contribution in [1.29, 1.82) is 0 Å². The monoisotopic (exact) mass is 357 g/mol. The Labute approximate surface area is 144 Å². The molecule has 6 nitrogen and oxygen atoms in total. The van der Waals surface area contributed by atoms with Crippen LogP contribution in [-0.4, -0.2) is 20.2 Å². The predicted octanol–water partition coefficient (Wildman–Crippen LogP) is 3.95. The molecule has 0 fully saturated rings. The van der Waals surface area contributed by atoms with Gasteiger partial charge in [-0.05, 0) is 24.3 Å². The molecule has 2 heterocycles. The van der Waals surface area contributed by atoms with E-state index in [1.807, 2.05) is 0 Å². The maximum atomic E-state index is 13.2. The largest absolute Gasteiger partial charge is 0.417 e. The molecular formula is C17H10F3N5O. The van der Waals surface area contributed by atoms with Gasteiger partial charge in [0, 0.05) is 0 Å². The van der Waals surface area contributed by atoms with Crippen molar-refractivity contribution in [1.82, 2.24) is 20.2 Å². The van der Waals surface area contributed by atoms with Gasteiger partial charge in [0.15, 0.2) is 11.5 Å². The van der Waals surface area contributed by atoms with Crippen molar-refractivity contribution < 1.29 is 17.6 Å². The fourth-order valence-electron chi connectivity index (χ4n) is 2.52. The molecule has 0 atom stereocenters. The minimum Gasteiger partial charge on any atom is -0.414 e. The van der Waals surface area contributed by atoms with Gasteiger partial charge >= 0.3 is 6.18 Å². The number of nitrogens with zero attached hydrogens (tertiary/aromatic N) is 4. The fraction of sp³-hybridized carbons (Fsp3) is 0.0588. The van der Waals surface area contributed by atoms with E-state index in [0.717, 1.165) is 6.07 Å². The van der Waals surface area contributed by atoms with Crippen LogP contribution in [0.3, 0.4) is 0 Å². The van der Waals surface area contributed by atoms with Crippen LogP contribution in [0.1, 0.15) is 5.56 Å². The fourth-order valence-corrected chi connectivity index (χ4v) is 2.52. The number of hydrogen-bond donors (Lipinski definition) is 1. The van der Waals surface area contributed by atoms with Crippen molar-refractivity contribution in [2.45, 2.75) is 6.18 Å².